The van der Waals surface area contributed by atoms with Gasteiger partial charge in [0.15, 0.2) is 6.61 Å². The minimum atomic E-state index is -0.772. The molecule has 10 heteroatoms. The molecule has 1 aliphatic rings. The van der Waals surface area contributed by atoms with Gasteiger partial charge < -0.3 is 14.8 Å². The zero-order valence-electron chi connectivity index (χ0n) is 14.4. The van der Waals surface area contributed by atoms with Gasteiger partial charge in [-0.15, -0.1) is 11.3 Å². The van der Waals surface area contributed by atoms with Crippen LogP contribution >= 0.6 is 11.3 Å². The molecule has 0 radical (unpaired) electrons. The lowest BCUT2D eigenvalue weighted by molar-refractivity contribution is -0.140. The van der Waals surface area contributed by atoms with Crippen LogP contribution in [0.4, 0.5) is 5.00 Å². The zero-order chi connectivity index (χ0) is 19.1. The molecule has 2 N–H and O–H groups in total. The highest BCUT2D eigenvalue weighted by Gasteiger charge is 2.22. The van der Waals surface area contributed by atoms with Crippen LogP contribution in [0.3, 0.4) is 0 Å². The van der Waals surface area contributed by atoms with Crippen LogP contribution in [0.2, 0.25) is 0 Å². The van der Waals surface area contributed by atoms with E-state index in [1.54, 1.807) is 13.0 Å². The first kappa shape index (κ1) is 19.6. The highest BCUT2D eigenvalue weighted by Crippen LogP contribution is 2.29. The van der Waals surface area contributed by atoms with Crippen LogP contribution < -0.4 is 10.7 Å². The number of hydrogen-bond donors (Lipinski definition) is 2. The summed E-state index contributed by atoms with van der Waals surface area (Å²) in [5, 5.41) is 6.51. The summed E-state index contributed by atoms with van der Waals surface area (Å²) in [6.07, 6.45) is 0.996. The monoisotopic (exact) mass is 381 g/mol. The Morgan fingerprint density at radius 3 is 2.62 bits per heavy atom. The second-order valence-corrected chi connectivity index (χ2v) is 6.38. The summed E-state index contributed by atoms with van der Waals surface area (Å²) in [6.45, 7) is 3.31. The number of aryl methyl sites for hydroxylation is 1. The number of amides is 2. The van der Waals surface area contributed by atoms with Gasteiger partial charge in [-0.3, -0.25) is 9.59 Å². The van der Waals surface area contributed by atoms with Gasteiger partial charge in [0.25, 0.3) is 5.91 Å². The second-order valence-electron chi connectivity index (χ2n) is 5.25. The summed E-state index contributed by atoms with van der Waals surface area (Å²) in [4.78, 5) is 47.7. The Hall–Kier alpha value is -2.75. The Balaban J connectivity index is 1.95. The van der Waals surface area contributed by atoms with Gasteiger partial charge in [0.2, 0.25) is 5.91 Å². The molecule has 1 aromatic rings. The summed E-state index contributed by atoms with van der Waals surface area (Å²) >= 11 is 1.26. The van der Waals surface area contributed by atoms with Gasteiger partial charge in [0, 0.05) is 17.7 Å². The molecule has 0 bridgehead atoms. The Labute approximate surface area is 153 Å². The number of nitrogens with one attached hydrogen (secondary N) is 2. The average Bonchev–Trinajstić information content (AvgIpc) is 3.03. The van der Waals surface area contributed by atoms with E-state index in [1.807, 2.05) is 6.92 Å². The Morgan fingerprint density at radius 1 is 1.23 bits per heavy atom. The SMILES string of the molecule is CCOC(=O)c1cc(CC)sc1NC(=O)COC(=O)C1=NNC(=O)CC1. The van der Waals surface area contributed by atoms with Crippen LogP contribution in [0.15, 0.2) is 11.2 Å². The van der Waals surface area contributed by atoms with Crippen molar-refractivity contribution < 1.29 is 28.7 Å². The summed E-state index contributed by atoms with van der Waals surface area (Å²) in [5.41, 5.74) is 2.50. The van der Waals surface area contributed by atoms with Crippen LogP contribution in [0.5, 0.6) is 0 Å². The van der Waals surface area contributed by atoms with Gasteiger partial charge in [-0.05, 0) is 19.4 Å². The lowest BCUT2D eigenvalue weighted by Gasteiger charge is -2.11. The van der Waals surface area contributed by atoms with Crippen molar-refractivity contribution >= 4 is 45.8 Å². The van der Waals surface area contributed by atoms with Gasteiger partial charge in [-0.1, -0.05) is 6.92 Å². The normalized spacial score (nSPS) is 13.5. The van der Waals surface area contributed by atoms with E-state index in [4.69, 9.17) is 9.47 Å². The van der Waals surface area contributed by atoms with E-state index in [2.05, 4.69) is 15.8 Å². The van der Waals surface area contributed by atoms with Crippen LogP contribution in [-0.2, 0) is 30.3 Å². The molecular weight excluding hydrogens is 362 g/mol. The molecule has 2 rings (SSSR count). The minimum Gasteiger partial charge on any atom is -0.462 e. The first-order valence-corrected chi connectivity index (χ1v) is 8.88. The molecule has 0 aromatic carbocycles. The fourth-order valence-electron chi connectivity index (χ4n) is 2.07. The van der Waals surface area contributed by atoms with Crippen molar-refractivity contribution in [1.29, 1.82) is 0 Å². The molecule has 0 saturated heterocycles. The number of rotatable bonds is 7. The van der Waals surface area contributed by atoms with Gasteiger partial charge in [0.1, 0.15) is 10.7 Å². The highest BCUT2D eigenvalue weighted by atomic mass is 32.1. The summed E-state index contributed by atoms with van der Waals surface area (Å²) in [5.74, 6) is -2.17. The molecule has 0 saturated carbocycles. The Kier molecular flexibility index (Phi) is 6.84. The second kappa shape index (κ2) is 9.09. The molecule has 2 amide bonds. The lowest BCUT2D eigenvalue weighted by atomic mass is 10.2. The standard InChI is InChI=1S/C16H19N3O6S/c1-3-9-7-10(15(22)24-4-2)14(26-9)17-13(21)8-25-16(23)11-5-6-12(20)19-18-11/h7H,3-6,8H2,1-2H3,(H,17,21)(H,19,20). The van der Waals surface area contributed by atoms with Crippen molar-refractivity contribution in [2.45, 2.75) is 33.1 Å². The lowest BCUT2D eigenvalue weighted by Crippen LogP contribution is -2.32. The molecule has 0 fully saturated rings. The van der Waals surface area contributed by atoms with Crippen molar-refractivity contribution in [3.05, 3.63) is 16.5 Å². The number of thiophene rings is 1. The predicted octanol–water partition coefficient (Wildman–Crippen LogP) is 1.23. The summed E-state index contributed by atoms with van der Waals surface area (Å²) in [6, 6.07) is 1.67. The number of anilines is 1. The number of carbonyl (C=O) groups excluding carboxylic acids is 4. The molecule has 26 heavy (non-hydrogen) atoms. The molecule has 140 valence electrons. The summed E-state index contributed by atoms with van der Waals surface area (Å²) < 4.78 is 9.86. The van der Waals surface area contributed by atoms with Crippen LogP contribution in [-0.4, -0.2) is 42.7 Å². The Morgan fingerprint density at radius 2 is 2.00 bits per heavy atom. The third-order valence-corrected chi connectivity index (χ3v) is 4.55. The molecule has 1 aromatic heterocycles. The maximum Gasteiger partial charge on any atom is 0.355 e. The molecule has 2 heterocycles. The number of hydrazone groups is 1. The quantitative estimate of drug-likeness (QED) is 0.685. The zero-order valence-corrected chi connectivity index (χ0v) is 15.2. The van der Waals surface area contributed by atoms with E-state index in [9.17, 15) is 19.2 Å². The van der Waals surface area contributed by atoms with E-state index in [0.717, 1.165) is 4.88 Å². The first-order chi connectivity index (χ1) is 12.4. The number of nitrogens with zero attached hydrogens (tertiary/aromatic N) is 1. The van der Waals surface area contributed by atoms with Crippen molar-refractivity contribution in [3.8, 4) is 0 Å². The van der Waals surface area contributed by atoms with Crippen LogP contribution in [0.1, 0.15) is 41.9 Å². The maximum absolute atomic E-state index is 12.0. The number of hydrogen-bond acceptors (Lipinski definition) is 8. The van der Waals surface area contributed by atoms with Crippen molar-refractivity contribution in [2.24, 2.45) is 5.10 Å². The average molecular weight is 381 g/mol. The van der Waals surface area contributed by atoms with E-state index in [0.29, 0.717) is 11.4 Å². The van der Waals surface area contributed by atoms with Crippen molar-refractivity contribution in [2.75, 3.05) is 18.5 Å². The van der Waals surface area contributed by atoms with Crippen molar-refractivity contribution in [3.63, 3.8) is 0 Å². The largest absolute Gasteiger partial charge is 0.462 e. The van der Waals surface area contributed by atoms with Gasteiger partial charge >= 0.3 is 11.9 Å². The Bertz CT molecular complexity index is 755. The maximum atomic E-state index is 12.0. The topological polar surface area (TPSA) is 123 Å². The fraction of sp³-hybridized carbons (Fsp3) is 0.438. The third kappa shape index (κ3) is 5.12. The fourth-order valence-corrected chi connectivity index (χ4v) is 3.07. The van der Waals surface area contributed by atoms with E-state index >= 15 is 0 Å². The van der Waals surface area contributed by atoms with Crippen molar-refractivity contribution in [1.82, 2.24) is 5.43 Å². The highest BCUT2D eigenvalue weighted by molar-refractivity contribution is 7.16. The molecule has 0 spiro atoms. The molecule has 0 unspecified atom stereocenters. The first-order valence-electron chi connectivity index (χ1n) is 8.06. The molecule has 0 aliphatic carbocycles. The number of ether oxygens (including phenoxy) is 2. The smallest absolute Gasteiger partial charge is 0.355 e. The van der Waals surface area contributed by atoms with Crippen LogP contribution in [0.25, 0.3) is 0 Å². The molecule has 0 atom stereocenters. The molecule has 1 aliphatic heterocycles. The van der Waals surface area contributed by atoms with Gasteiger partial charge in [-0.2, -0.15) is 5.10 Å². The van der Waals surface area contributed by atoms with E-state index in [1.165, 1.54) is 11.3 Å². The van der Waals surface area contributed by atoms with Gasteiger partial charge in [0.05, 0.1) is 12.2 Å². The summed E-state index contributed by atoms with van der Waals surface area (Å²) in [7, 11) is 0. The number of carbonyl (C=O) groups is 4. The van der Waals surface area contributed by atoms with Crippen LogP contribution in [0, 0.1) is 0 Å². The van der Waals surface area contributed by atoms with Gasteiger partial charge in [-0.25, -0.2) is 15.0 Å². The van der Waals surface area contributed by atoms with E-state index in [-0.39, 0.29) is 36.6 Å². The number of esters is 2. The van der Waals surface area contributed by atoms with E-state index < -0.39 is 24.5 Å². The minimum absolute atomic E-state index is 0.0500. The molecule has 9 nitrogen and oxygen atoms in total. The third-order valence-electron chi connectivity index (χ3n) is 3.35. The molecular formula is C16H19N3O6S. The predicted molar refractivity (Wildman–Crippen MR) is 94.1 cm³/mol.